The maximum atomic E-state index is 12.0. The highest BCUT2D eigenvalue weighted by molar-refractivity contribution is 7.14. The molecule has 0 radical (unpaired) electrons. The van der Waals surface area contributed by atoms with Crippen LogP contribution in [-0.4, -0.2) is 11.8 Å². The van der Waals surface area contributed by atoms with Crippen molar-refractivity contribution in [2.24, 2.45) is 0 Å². The van der Waals surface area contributed by atoms with Crippen LogP contribution in [0, 0.1) is 0 Å². The summed E-state index contributed by atoms with van der Waals surface area (Å²) in [5.74, 6) is 0.565. The third kappa shape index (κ3) is 3.82. The number of carbonyl (C=O) groups is 1. The van der Waals surface area contributed by atoms with Gasteiger partial charge in [0.1, 0.15) is 0 Å². The van der Waals surface area contributed by atoms with Gasteiger partial charge in [-0.1, -0.05) is 19.1 Å². The molecule has 19 heavy (non-hydrogen) atoms. The molecule has 2 aromatic rings. The van der Waals surface area contributed by atoms with Crippen LogP contribution in [0.3, 0.4) is 0 Å². The summed E-state index contributed by atoms with van der Waals surface area (Å²) in [5, 5.41) is 2.90. The molecule has 100 valence electrons. The third-order valence-electron chi connectivity index (χ3n) is 2.83. The normalized spacial score (nSPS) is 10.4. The zero-order valence-electron chi connectivity index (χ0n) is 10.8. The second kappa shape index (κ2) is 6.73. The second-order valence-electron chi connectivity index (χ2n) is 4.21. The first-order valence-electron chi connectivity index (χ1n) is 6.28. The fourth-order valence-corrected chi connectivity index (χ4v) is 2.81. The first-order chi connectivity index (χ1) is 9.22. The number of aryl methyl sites for hydroxylation is 2. The Bertz CT molecular complexity index is 548. The SMILES string of the molecule is CCc1ccc(C(=O)Nc2ccc(CCCl)cc2)s1. The zero-order valence-corrected chi connectivity index (χ0v) is 12.4. The lowest BCUT2D eigenvalue weighted by Crippen LogP contribution is -2.09. The molecule has 1 amide bonds. The first kappa shape index (κ1) is 14.1. The molecule has 2 rings (SSSR count). The van der Waals surface area contributed by atoms with Crippen LogP contribution >= 0.6 is 22.9 Å². The summed E-state index contributed by atoms with van der Waals surface area (Å²) in [6.07, 6.45) is 1.81. The van der Waals surface area contributed by atoms with Crippen molar-refractivity contribution < 1.29 is 4.79 Å². The van der Waals surface area contributed by atoms with Crippen LogP contribution in [0.15, 0.2) is 36.4 Å². The molecule has 0 saturated heterocycles. The number of benzene rings is 1. The minimum absolute atomic E-state index is 0.0465. The molecule has 1 heterocycles. The third-order valence-corrected chi connectivity index (χ3v) is 4.25. The van der Waals surface area contributed by atoms with Crippen molar-refractivity contribution >= 4 is 34.5 Å². The van der Waals surface area contributed by atoms with E-state index in [1.54, 1.807) is 11.3 Å². The average Bonchev–Trinajstić information content (AvgIpc) is 2.90. The number of thiophene rings is 1. The molecule has 4 heteroatoms. The van der Waals surface area contributed by atoms with E-state index in [2.05, 4.69) is 12.2 Å². The molecule has 0 aliphatic heterocycles. The Balaban J connectivity index is 2.01. The van der Waals surface area contributed by atoms with Gasteiger partial charge in [-0.2, -0.15) is 0 Å². The molecule has 0 bridgehead atoms. The van der Waals surface area contributed by atoms with Gasteiger partial charge in [-0.3, -0.25) is 4.79 Å². The van der Waals surface area contributed by atoms with Crippen LogP contribution < -0.4 is 5.32 Å². The number of nitrogens with one attached hydrogen (secondary N) is 1. The number of carbonyl (C=O) groups excluding carboxylic acids is 1. The highest BCUT2D eigenvalue weighted by Gasteiger charge is 2.08. The van der Waals surface area contributed by atoms with Gasteiger partial charge in [0.25, 0.3) is 5.91 Å². The molecular weight excluding hydrogens is 278 g/mol. The highest BCUT2D eigenvalue weighted by Crippen LogP contribution is 2.19. The minimum Gasteiger partial charge on any atom is -0.321 e. The monoisotopic (exact) mass is 293 g/mol. The Morgan fingerprint density at radius 2 is 1.95 bits per heavy atom. The fraction of sp³-hybridized carbons (Fsp3) is 0.267. The molecule has 0 spiro atoms. The lowest BCUT2D eigenvalue weighted by molar-refractivity contribution is 0.103. The number of alkyl halides is 1. The number of hydrogen-bond acceptors (Lipinski definition) is 2. The number of hydrogen-bond donors (Lipinski definition) is 1. The van der Waals surface area contributed by atoms with Gasteiger partial charge < -0.3 is 5.32 Å². The average molecular weight is 294 g/mol. The summed E-state index contributed by atoms with van der Waals surface area (Å²) in [6, 6.07) is 11.7. The molecule has 1 aromatic carbocycles. The standard InChI is InChI=1S/C15H16ClNOS/c1-2-13-7-8-14(19-13)15(18)17-12-5-3-11(4-6-12)9-10-16/h3-8H,2,9-10H2,1H3,(H,17,18). The van der Waals surface area contributed by atoms with E-state index < -0.39 is 0 Å². The second-order valence-corrected chi connectivity index (χ2v) is 5.76. The Morgan fingerprint density at radius 1 is 1.21 bits per heavy atom. The van der Waals surface area contributed by atoms with Crippen molar-refractivity contribution in [1.29, 1.82) is 0 Å². The van der Waals surface area contributed by atoms with E-state index in [1.807, 2.05) is 36.4 Å². The van der Waals surface area contributed by atoms with Gasteiger partial charge in [-0.25, -0.2) is 0 Å². The predicted molar refractivity (Wildman–Crippen MR) is 82.5 cm³/mol. The molecule has 0 aliphatic rings. The van der Waals surface area contributed by atoms with E-state index in [1.165, 1.54) is 10.4 Å². The Labute approximate surface area is 122 Å². The predicted octanol–water partition coefficient (Wildman–Crippen LogP) is 4.34. The van der Waals surface area contributed by atoms with Crippen LogP contribution in [0.2, 0.25) is 0 Å². The van der Waals surface area contributed by atoms with Gasteiger partial charge >= 0.3 is 0 Å². The van der Waals surface area contributed by atoms with Crippen molar-refractivity contribution in [3.8, 4) is 0 Å². The largest absolute Gasteiger partial charge is 0.321 e. The number of anilines is 1. The van der Waals surface area contributed by atoms with Gasteiger partial charge in [0, 0.05) is 16.4 Å². The molecule has 0 atom stereocenters. The molecule has 2 nitrogen and oxygen atoms in total. The minimum atomic E-state index is -0.0465. The van der Waals surface area contributed by atoms with Crippen molar-refractivity contribution in [3.63, 3.8) is 0 Å². The van der Waals surface area contributed by atoms with Crippen molar-refractivity contribution in [1.82, 2.24) is 0 Å². The number of amides is 1. The molecule has 0 unspecified atom stereocenters. The van der Waals surface area contributed by atoms with E-state index in [0.29, 0.717) is 5.88 Å². The molecule has 0 fully saturated rings. The van der Waals surface area contributed by atoms with Gasteiger partial charge in [0.05, 0.1) is 4.88 Å². The summed E-state index contributed by atoms with van der Waals surface area (Å²) in [5.41, 5.74) is 1.99. The number of rotatable bonds is 5. The van der Waals surface area contributed by atoms with Gasteiger partial charge in [0.15, 0.2) is 0 Å². The summed E-state index contributed by atoms with van der Waals surface area (Å²) in [7, 11) is 0. The number of halogens is 1. The fourth-order valence-electron chi connectivity index (χ4n) is 1.75. The molecule has 1 N–H and O–H groups in total. The van der Waals surface area contributed by atoms with E-state index in [9.17, 15) is 4.79 Å². The molecule has 0 saturated carbocycles. The van der Waals surface area contributed by atoms with Gasteiger partial charge in [-0.05, 0) is 42.7 Å². The first-order valence-corrected chi connectivity index (χ1v) is 7.63. The van der Waals surface area contributed by atoms with E-state index in [0.717, 1.165) is 23.4 Å². The van der Waals surface area contributed by atoms with Crippen molar-refractivity contribution in [2.75, 3.05) is 11.2 Å². The Kier molecular flexibility index (Phi) is 5.00. The van der Waals surface area contributed by atoms with Crippen LogP contribution in [0.5, 0.6) is 0 Å². The summed E-state index contributed by atoms with van der Waals surface area (Å²) >= 11 is 7.23. The maximum Gasteiger partial charge on any atom is 0.265 e. The molecule has 0 aliphatic carbocycles. The van der Waals surface area contributed by atoms with Crippen molar-refractivity contribution in [3.05, 3.63) is 51.7 Å². The summed E-state index contributed by atoms with van der Waals surface area (Å²) in [4.78, 5) is 14.0. The molecule has 1 aromatic heterocycles. The summed E-state index contributed by atoms with van der Waals surface area (Å²) < 4.78 is 0. The topological polar surface area (TPSA) is 29.1 Å². The van der Waals surface area contributed by atoms with Crippen LogP contribution in [-0.2, 0) is 12.8 Å². The lowest BCUT2D eigenvalue weighted by atomic mass is 10.1. The Hall–Kier alpha value is -1.32. The quantitative estimate of drug-likeness (QED) is 0.816. The van der Waals surface area contributed by atoms with Crippen LogP contribution in [0.4, 0.5) is 5.69 Å². The zero-order chi connectivity index (χ0) is 13.7. The van der Waals surface area contributed by atoms with Crippen molar-refractivity contribution in [2.45, 2.75) is 19.8 Å². The molecular formula is C15H16ClNOS. The van der Waals surface area contributed by atoms with E-state index in [-0.39, 0.29) is 5.91 Å². The van der Waals surface area contributed by atoms with Crippen LogP contribution in [0.1, 0.15) is 27.0 Å². The van der Waals surface area contributed by atoms with E-state index in [4.69, 9.17) is 11.6 Å². The maximum absolute atomic E-state index is 12.0. The highest BCUT2D eigenvalue weighted by atomic mass is 35.5. The summed E-state index contributed by atoms with van der Waals surface area (Å²) in [6.45, 7) is 2.09. The Morgan fingerprint density at radius 3 is 2.53 bits per heavy atom. The smallest absolute Gasteiger partial charge is 0.265 e. The van der Waals surface area contributed by atoms with Gasteiger partial charge in [-0.15, -0.1) is 22.9 Å². The lowest BCUT2D eigenvalue weighted by Gasteiger charge is -2.04. The van der Waals surface area contributed by atoms with Gasteiger partial charge in [0.2, 0.25) is 0 Å². The van der Waals surface area contributed by atoms with E-state index >= 15 is 0 Å². The van der Waals surface area contributed by atoms with Crippen LogP contribution in [0.25, 0.3) is 0 Å².